The first-order valence-corrected chi connectivity index (χ1v) is 6.22. The summed E-state index contributed by atoms with van der Waals surface area (Å²) in [7, 11) is 0. The number of rotatable bonds is 1. The van der Waals surface area contributed by atoms with Crippen molar-refractivity contribution in [3.8, 4) is 6.07 Å². The van der Waals surface area contributed by atoms with Gasteiger partial charge < -0.3 is 10.2 Å². The molecule has 1 N–H and O–H groups in total. The van der Waals surface area contributed by atoms with Crippen LogP contribution in [0.4, 0.5) is 8.78 Å². The van der Waals surface area contributed by atoms with Crippen LogP contribution in [-0.4, -0.2) is 40.9 Å². The van der Waals surface area contributed by atoms with Crippen molar-refractivity contribution in [2.75, 3.05) is 0 Å². The Balaban J connectivity index is 2.16. The molecule has 2 heterocycles. The zero-order chi connectivity index (χ0) is 13.5. The number of likely N-dealkylation sites (tertiary alicyclic amines) is 1. The summed E-state index contributed by atoms with van der Waals surface area (Å²) in [5.74, 6) is -3.34. The van der Waals surface area contributed by atoms with Crippen LogP contribution in [0.1, 0.15) is 33.1 Å². The molecule has 4 atom stereocenters. The average Bonchev–Trinajstić information content (AvgIpc) is 2.82. The standard InChI is InChI=1S/C12H17F2N3O/c1-7-3-4-10(16-7)11(18)17-8(2)12(13,14)5-9(17)6-15/h7-10,16H,3-5H2,1-2H3/t7-,8-,9-,10-/m0/s1. The number of nitrogens with one attached hydrogen (secondary N) is 1. The maximum absolute atomic E-state index is 13.6. The Hall–Kier alpha value is -1.22. The molecule has 0 saturated carbocycles. The SMILES string of the molecule is C[C@@H]1N(C(=O)[C@@H]2CC[C@H](C)N2)[C@H](C#N)CC1(F)F. The molecule has 0 aliphatic carbocycles. The first-order valence-electron chi connectivity index (χ1n) is 6.22. The molecule has 4 nitrogen and oxygen atoms in total. The lowest BCUT2D eigenvalue weighted by Gasteiger charge is -2.28. The molecule has 2 aliphatic heterocycles. The highest BCUT2D eigenvalue weighted by Gasteiger charge is 2.54. The van der Waals surface area contributed by atoms with Crippen LogP contribution in [0.2, 0.25) is 0 Å². The maximum Gasteiger partial charge on any atom is 0.270 e. The van der Waals surface area contributed by atoms with E-state index >= 15 is 0 Å². The first kappa shape index (κ1) is 13.2. The van der Waals surface area contributed by atoms with Crippen LogP contribution in [0.25, 0.3) is 0 Å². The highest BCUT2D eigenvalue weighted by molar-refractivity contribution is 5.83. The molecule has 2 aliphatic rings. The van der Waals surface area contributed by atoms with Crippen LogP contribution in [0.15, 0.2) is 0 Å². The van der Waals surface area contributed by atoms with E-state index in [1.165, 1.54) is 6.92 Å². The van der Waals surface area contributed by atoms with Gasteiger partial charge in [0.25, 0.3) is 5.92 Å². The van der Waals surface area contributed by atoms with Gasteiger partial charge in [0.1, 0.15) is 6.04 Å². The van der Waals surface area contributed by atoms with E-state index in [4.69, 9.17) is 5.26 Å². The van der Waals surface area contributed by atoms with E-state index in [-0.39, 0.29) is 11.9 Å². The number of carbonyl (C=O) groups is 1. The minimum absolute atomic E-state index is 0.220. The second kappa shape index (κ2) is 4.47. The van der Waals surface area contributed by atoms with Crippen LogP contribution in [0.3, 0.4) is 0 Å². The van der Waals surface area contributed by atoms with Gasteiger partial charge in [-0.25, -0.2) is 8.78 Å². The summed E-state index contributed by atoms with van der Waals surface area (Å²) in [4.78, 5) is 13.3. The second-order valence-corrected chi connectivity index (χ2v) is 5.23. The Labute approximate surface area is 105 Å². The molecule has 6 heteroatoms. The van der Waals surface area contributed by atoms with Crippen molar-refractivity contribution >= 4 is 5.91 Å². The minimum Gasteiger partial charge on any atom is -0.316 e. The molecule has 0 aromatic heterocycles. The van der Waals surface area contributed by atoms with Gasteiger partial charge in [0.15, 0.2) is 0 Å². The summed E-state index contributed by atoms with van der Waals surface area (Å²) in [6.45, 7) is 3.27. The molecule has 0 bridgehead atoms. The van der Waals surface area contributed by atoms with Gasteiger partial charge >= 0.3 is 0 Å². The second-order valence-electron chi connectivity index (χ2n) is 5.23. The Kier molecular flexibility index (Phi) is 3.28. The number of hydrogen-bond donors (Lipinski definition) is 1. The molecule has 0 unspecified atom stereocenters. The van der Waals surface area contributed by atoms with Crippen LogP contribution in [-0.2, 0) is 4.79 Å². The van der Waals surface area contributed by atoms with Crippen LogP contribution >= 0.6 is 0 Å². The third-order valence-electron chi connectivity index (χ3n) is 3.91. The Morgan fingerprint density at radius 3 is 2.61 bits per heavy atom. The highest BCUT2D eigenvalue weighted by Crippen LogP contribution is 2.38. The highest BCUT2D eigenvalue weighted by atomic mass is 19.3. The fraction of sp³-hybridized carbons (Fsp3) is 0.833. The number of amides is 1. The lowest BCUT2D eigenvalue weighted by Crippen LogP contribution is -2.50. The van der Waals surface area contributed by atoms with Gasteiger partial charge in [-0.15, -0.1) is 0 Å². The smallest absolute Gasteiger partial charge is 0.270 e. The van der Waals surface area contributed by atoms with Crippen LogP contribution in [0.5, 0.6) is 0 Å². The van der Waals surface area contributed by atoms with Gasteiger partial charge in [-0.2, -0.15) is 5.26 Å². The van der Waals surface area contributed by atoms with Crippen molar-refractivity contribution in [3.05, 3.63) is 0 Å². The van der Waals surface area contributed by atoms with Gasteiger partial charge in [0, 0.05) is 12.5 Å². The van der Waals surface area contributed by atoms with Gasteiger partial charge in [-0.3, -0.25) is 4.79 Å². The molecule has 0 radical (unpaired) electrons. The zero-order valence-electron chi connectivity index (χ0n) is 10.5. The topological polar surface area (TPSA) is 56.1 Å². The van der Waals surface area contributed by atoms with E-state index in [0.29, 0.717) is 6.42 Å². The van der Waals surface area contributed by atoms with E-state index in [9.17, 15) is 13.6 Å². The monoisotopic (exact) mass is 257 g/mol. The zero-order valence-corrected chi connectivity index (χ0v) is 10.5. The molecule has 1 amide bonds. The summed E-state index contributed by atoms with van der Waals surface area (Å²) in [6.07, 6.45) is 0.942. The molecule has 18 heavy (non-hydrogen) atoms. The van der Waals surface area contributed by atoms with Gasteiger partial charge in [0.05, 0.1) is 18.2 Å². The van der Waals surface area contributed by atoms with Crippen molar-refractivity contribution in [2.45, 2.75) is 63.2 Å². The molecule has 2 fully saturated rings. The van der Waals surface area contributed by atoms with Gasteiger partial charge in [-0.05, 0) is 26.7 Å². The summed E-state index contributed by atoms with van der Waals surface area (Å²) < 4.78 is 27.2. The van der Waals surface area contributed by atoms with Crippen molar-refractivity contribution in [1.29, 1.82) is 5.26 Å². The molecular weight excluding hydrogens is 240 g/mol. The average molecular weight is 257 g/mol. The third kappa shape index (κ3) is 2.07. The number of halogens is 2. The Bertz CT molecular complexity index is 393. The molecule has 0 spiro atoms. The fourth-order valence-electron chi connectivity index (χ4n) is 2.75. The van der Waals surface area contributed by atoms with Crippen molar-refractivity contribution in [3.63, 3.8) is 0 Å². The van der Waals surface area contributed by atoms with Crippen LogP contribution in [0, 0.1) is 11.3 Å². The molecule has 0 aromatic rings. The Morgan fingerprint density at radius 1 is 1.44 bits per heavy atom. The third-order valence-corrected chi connectivity index (χ3v) is 3.91. The van der Waals surface area contributed by atoms with E-state index in [0.717, 1.165) is 11.3 Å². The summed E-state index contributed by atoms with van der Waals surface area (Å²) in [5, 5.41) is 12.0. The summed E-state index contributed by atoms with van der Waals surface area (Å²) in [6, 6.07) is -0.606. The molecular formula is C12H17F2N3O. The lowest BCUT2D eigenvalue weighted by atomic mass is 10.1. The number of nitriles is 1. The molecule has 100 valence electrons. The number of nitrogens with zero attached hydrogens (tertiary/aromatic N) is 2. The van der Waals surface area contributed by atoms with E-state index in [2.05, 4.69) is 5.32 Å². The largest absolute Gasteiger partial charge is 0.316 e. The van der Waals surface area contributed by atoms with Gasteiger partial charge in [0.2, 0.25) is 5.91 Å². The minimum atomic E-state index is -2.97. The predicted molar refractivity (Wildman–Crippen MR) is 60.9 cm³/mol. The van der Waals surface area contributed by atoms with Crippen LogP contribution < -0.4 is 5.32 Å². The quantitative estimate of drug-likeness (QED) is 0.769. The number of carbonyl (C=O) groups excluding carboxylic acids is 1. The van der Waals surface area contributed by atoms with Crippen molar-refractivity contribution in [1.82, 2.24) is 10.2 Å². The van der Waals surface area contributed by atoms with Gasteiger partial charge in [-0.1, -0.05) is 0 Å². The van der Waals surface area contributed by atoms with Crippen molar-refractivity contribution < 1.29 is 13.6 Å². The first-order chi connectivity index (χ1) is 8.36. The summed E-state index contributed by atoms with van der Waals surface area (Å²) in [5.41, 5.74) is 0. The predicted octanol–water partition coefficient (Wildman–Crippen LogP) is 1.28. The summed E-state index contributed by atoms with van der Waals surface area (Å²) >= 11 is 0. The number of alkyl halides is 2. The van der Waals surface area contributed by atoms with Crippen molar-refractivity contribution in [2.24, 2.45) is 0 Å². The maximum atomic E-state index is 13.6. The van der Waals surface area contributed by atoms with E-state index in [1.54, 1.807) is 0 Å². The fourth-order valence-corrected chi connectivity index (χ4v) is 2.75. The van der Waals surface area contributed by atoms with E-state index < -0.39 is 30.5 Å². The van der Waals surface area contributed by atoms with E-state index in [1.807, 2.05) is 13.0 Å². The molecule has 0 aromatic carbocycles. The normalized spacial score (nSPS) is 38.7. The molecule has 2 rings (SSSR count). The lowest BCUT2D eigenvalue weighted by molar-refractivity contribution is -0.138. The Morgan fingerprint density at radius 2 is 2.11 bits per heavy atom. The molecule has 2 saturated heterocycles. The number of hydrogen-bond acceptors (Lipinski definition) is 3.